The monoisotopic (exact) mass is 246 g/mol. The molecule has 0 aliphatic heterocycles. The van der Waals surface area contributed by atoms with Crippen molar-refractivity contribution >= 4 is 5.69 Å². The summed E-state index contributed by atoms with van der Waals surface area (Å²) in [5.41, 5.74) is 1.33. The molecule has 4 heteroatoms. The van der Waals surface area contributed by atoms with Crippen molar-refractivity contribution in [3.63, 3.8) is 0 Å². The van der Waals surface area contributed by atoms with Crippen LogP contribution >= 0.6 is 0 Å². The van der Waals surface area contributed by atoms with Gasteiger partial charge in [-0.25, -0.2) is 0 Å². The summed E-state index contributed by atoms with van der Waals surface area (Å²) in [5, 5.41) is 13.1. The highest BCUT2D eigenvalue weighted by Crippen LogP contribution is 2.25. The lowest BCUT2D eigenvalue weighted by Gasteiger charge is -2.19. The third kappa shape index (κ3) is 3.94. The molecule has 0 fully saturated rings. The van der Waals surface area contributed by atoms with Crippen LogP contribution in [0.5, 0.6) is 5.75 Å². The van der Waals surface area contributed by atoms with Gasteiger partial charge in [-0.15, -0.1) is 12.7 Å². The summed E-state index contributed by atoms with van der Waals surface area (Å²) < 4.78 is 5.66. The average Bonchev–Trinajstić information content (AvgIpc) is 2.43. The van der Waals surface area contributed by atoms with Crippen molar-refractivity contribution in [3.8, 4) is 11.8 Å². The lowest BCUT2D eigenvalue weighted by Crippen LogP contribution is -2.28. The first-order chi connectivity index (χ1) is 8.74. The Hall–Kier alpha value is -1.73. The van der Waals surface area contributed by atoms with Crippen LogP contribution in [0.4, 0.5) is 5.69 Å². The second kappa shape index (κ2) is 7.57. The number of nitriles is 1. The van der Waals surface area contributed by atoms with E-state index < -0.39 is 0 Å². The highest BCUT2D eigenvalue weighted by atomic mass is 16.5. The molecule has 98 valence electrons. The number of nitrogens with zero attached hydrogens (tertiary/aromatic N) is 3. The van der Waals surface area contributed by atoms with Crippen LogP contribution in [-0.4, -0.2) is 38.2 Å². The lowest BCUT2D eigenvalue weighted by molar-refractivity contribution is 0.222. The van der Waals surface area contributed by atoms with Crippen LogP contribution in [-0.2, 0) is 0 Å². The fourth-order valence-corrected chi connectivity index (χ4v) is 1.69. The van der Waals surface area contributed by atoms with E-state index >= 15 is 0 Å². The van der Waals surface area contributed by atoms with Gasteiger partial charge in [0.05, 0.1) is 5.56 Å². The predicted octanol–water partition coefficient (Wildman–Crippen LogP) is 2.91. The molecule has 0 aliphatic rings. The van der Waals surface area contributed by atoms with Gasteiger partial charge in [-0.1, -0.05) is 26.0 Å². The van der Waals surface area contributed by atoms with E-state index in [4.69, 9.17) is 10.00 Å². The highest BCUT2D eigenvalue weighted by molar-refractivity contribution is 5.57. The molecular weight excluding hydrogens is 226 g/mol. The summed E-state index contributed by atoms with van der Waals surface area (Å²) in [6.45, 7) is 7.75. The summed E-state index contributed by atoms with van der Waals surface area (Å²) in [5.74, 6) is 0.636. The minimum Gasteiger partial charge on any atom is -0.687 e. The number of benzene rings is 1. The fraction of sp³-hybridized carbons (Fsp3) is 0.500. The van der Waals surface area contributed by atoms with Crippen molar-refractivity contribution in [1.29, 1.82) is 5.26 Å². The van der Waals surface area contributed by atoms with Crippen molar-refractivity contribution in [1.82, 2.24) is 4.90 Å². The van der Waals surface area contributed by atoms with Gasteiger partial charge in [0.1, 0.15) is 18.4 Å². The van der Waals surface area contributed by atoms with Gasteiger partial charge in [0.15, 0.2) is 0 Å². The summed E-state index contributed by atoms with van der Waals surface area (Å²) in [6.07, 6.45) is 0. The van der Waals surface area contributed by atoms with E-state index in [1.807, 2.05) is 12.1 Å². The molecule has 0 unspecified atom stereocenters. The molecule has 0 atom stereocenters. The van der Waals surface area contributed by atoms with Crippen molar-refractivity contribution in [2.45, 2.75) is 13.8 Å². The first-order valence-corrected chi connectivity index (χ1v) is 6.24. The third-order valence-corrected chi connectivity index (χ3v) is 2.90. The Labute approximate surface area is 109 Å². The molecule has 0 saturated carbocycles. The quantitative estimate of drug-likeness (QED) is 0.743. The van der Waals surface area contributed by atoms with Crippen LogP contribution < -0.4 is 4.74 Å². The standard InChI is InChI=1S/C14H20N3O/c1-4-17(5-2)8-9-18-14-7-6-13(16-3)10-12(14)11-15/h6-7,10H,4-5,8-9H2,1-3H3/q-1. The summed E-state index contributed by atoms with van der Waals surface area (Å²) in [4.78, 5) is 2.28. The van der Waals surface area contributed by atoms with E-state index in [1.165, 1.54) is 0 Å². The van der Waals surface area contributed by atoms with Gasteiger partial charge in [-0.05, 0) is 19.2 Å². The van der Waals surface area contributed by atoms with Gasteiger partial charge in [-0.2, -0.15) is 5.26 Å². The molecule has 0 heterocycles. The van der Waals surface area contributed by atoms with Crippen LogP contribution in [0.25, 0.3) is 5.32 Å². The van der Waals surface area contributed by atoms with Gasteiger partial charge in [0.25, 0.3) is 0 Å². The van der Waals surface area contributed by atoms with E-state index in [1.54, 1.807) is 13.1 Å². The summed E-state index contributed by atoms with van der Waals surface area (Å²) >= 11 is 0. The van der Waals surface area contributed by atoms with Gasteiger partial charge in [0.2, 0.25) is 0 Å². The van der Waals surface area contributed by atoms with Gasteiger partial charge in [-0.3, -0.25) is 0 Å². The van der Waals surface area contributed by atoms with Gasteiger partial charge >= 0.3 is 0 Å². The van der Waals surface area contributed by atoms with E-state index in [9.17, 15) is 0 Å². The second-order valence-electron chi connectivity index (χ2n) is 3.89. The molecule has 0 amide bonds. The molecule has 4 nitrogen and oxygen atoms in total. The molecule has 1 aromatic carbocycles. The molecule has 0 bridgehead atoms. The van der Waals surface area contributed by atoms with Crippen molar-refractivity contribution in [3.05, 3.63) is 29.1 Å². The molecule has 0 spiro atoms. The molecule has 0 radical (unpaired) electrons. The summed E-state index contributed by atoms with van der Waals surface area (Å²) in [7, 11) is 1.71. The number of hydrogen-bond donors (Lipinski definition) is 0. The van der Waals surface area contributed by atoms with Gasteiger partial charge < -0.3 is 15.0 Å². The Morgan fingerprint density at radius 1 is 1.33 bits per heavy atom. The van der Waals surface area contributed by atoms with Crippen molar-refractivity contribution in [2.24, 2.45) is 0 Å². The first kappa shape index (κ1) is 14.3. The van der Waals surface area contributed by atoms with E-state index in [0.29, 0.717) is 17.9 Å². The zero-order valence-electron chi connectivity index (χ0n) is 11.3. The Morgan fingerprint density at radius 3 is 2.61 bits per heavy atom. The number of rotatable bonds is 7. The Kier molecular flexibility index (Phi) is 6.03. The van der Waals surface area contributed by atoms with Crippen LogP contribution in [0, 0.1) is 11.3 Å². The largest absolute Gasteiger partial charge is 0.687 e. The highest BCUT2D eigenvalue weighted by Gasteiger charge is 2.03. The Balaban J connectivity index is 2.59. The normalized spacial score (nSPS) is 10.2. The van der Waals surface area contributed by atoms with E-state index in [-0.39, 0.29) is 0 Å². The van der Waals surface area contributed by atoms with Crippen molar-refractivity contribution < 1.29 is 4.74 Å². The smallest absolute Gasteiger partial charge is 0.137 e. The zero-order chi connectivity index (χ0) is 13.4. The van der Waals surface area contributed by atoms with E-state index in [2.05, 4.69) is 30.1 Å². The molecular formula is C14H20N3O-. The minimum absolute atomic E-state index is 0.539. The first-order valence-electron chi connectivity index (χ1n) is 6.24. The molecule has 1 aromatic rings. The number of ether oxygens (including phenoxy) is 1. The SMILES string of the molecule is CCN(CC)CCOc1ccc([N-]C)cc1C#N. The lowest BCUT2D eigenvalue weighted by atomic mass is 10.2. The van der Waals surface area contributed by atoms with Gasteiger partial charge in [0, 0.05) is 6.54 Å². The molecule has 18 heavy (non-hydrogen) atoms. The Bertz CT molecular complexity index is 408. The fourth-order valence-electron chi connectivity index (χ4n) is 1.69. The molecule has 0 saturated heterocycles. The number of hydrogen-bond acceptors (Lipinski definition) is 3. The number of likely N-dealkylation sites (N-methyl/N-ethyl adjacent to an activating group) is 1. The van der Waals surface area contributed by atoms with Crippen LogP contribution in [0.3, 0.4) is 0 Å². The molecule has 0 N–H and O–H groups in total. The minimum atomic E-state index is 0.539. The maximum atomic E-state index is 9.06. The molecule has 1 rings (SSSR count). The molecule has 0 aliphatic carbocycles. The zero-order valence-corrected chi connectivity index (χ0v) is 11.3. The molecule has 0 aromatic heterocycles. The topological polar surface area (TPSA) is 50.4 Å². The van der Waals surface area contributed by atoms with Crippen molar-refractivity contribution in [2.75, 3.05) is 33.3 Å². The van der Waals surface area contributed by atoms with Crippen LogP contribution in [0.2, 0.25) is 0 Å². The maximum absolute atomic E-state index is 9.06. The average molecular weight is 246 g/mol. The van der Waals surface area contributed by atoms with Crippen LogP contribution in [0.1, 0.15) is 19.4 Å². The maximum Gasteiger partial charge on any atom is 0.137 e. The van der Waals surface area contributed by atoms with E-state index in [0.717, 1.165) is 25.3 Å². The Morgan fingerprint density at radius 2 is 2.06 bits per heavy atom. The predicted molar refractivity (Wildman–Crippen MR) is 73.4 cm³/mol. The summed E-state index contributed by atoms with van der Waals surface area (Å²) in [6, 6.07) is 7.54. The van der Waals surface area contributed by atoms with Crippen LogP contribution in [0.15, 0.2) is 18.2 Å². The third-order valence-electron chi connectivity index (χ3n) is 2.90. The second-order valence-corrected chi connectivity index (χ2v) is 3.89.